The molecule has 0 spiro atoms. The second-order valence-electron chi connectivity index (χ2n) is 3.83. The fourth-order valence-corrected chi connectivity index (χ4v) is 4.14. The molecule has 0 radical (unpaired) electrons. The number of amides is 1. The molecule has 0 aliphatic carbocycles. The number of carbonyl (C=O) groups excluding carboxylic acids is 1. The number of rotatable bonds is 4. The summed E-state index contributed by atoms with van der Waals surface area (Å²) in [7, 11) is -8.31. The van der Waals surface area contributed by atoms with E-state index in [1.807, 2.05) is 0 Å². The van der Waals surface area contributed by atoms with Gasteiger partial charge in [-0.15, -0.1) is 0 Å². The van der Waals surface area contributed by atoms with Crippen molar-refractivity contribution >= 4 is 37.6 Å². The third-order valence-electron chi connectivity index (χ3n) is 2.44. The molecule has 0 aromatic heterocycles. The number of benzene rings is 1. The fraction of sp³-hybridized carbons (Fsp3) is 0.300. The van der Waals surface area contributed by atoms with Crippen LogP contribution >= 0.6 is 11.6 Å². The summed E-state index contributed by atoms with van der Waals surface area (Å²) < 4.78 is 47.7. The maximum absolute atomic E-state index is 12.2. The van der Waals surface area contributed by atoms with E-state index >= 15 is 0 Å². The molecule has 0 aliphatic rings. The van der Waals surface area contributed by atoms with Gasteiger partial charge < -0.3 is 0 Å². The Labute approximate surface area is 122 Å². The van der Waals surface area contributed by atoms with Gasteiger partial charge in [-0.2, -0.15) is 0 Å². The minimum Gasteiger partial charge on any atom is -0.274 e. The first-order chi connectivity index (χ1) is 9.01. The normalized spacial score (nSPS) is 12.2. The minimum atomic E-state index is -4.17. The molecule has 0 saturated heterocycles. The topological polar surface area (TPSA) is 115 Å². The average Bonchev–Trinajstić information content (AvgIpc) is 2.27. The highest BCUT2D eigenvalue weighted by atomic mass is 35.5. The van der Waals surface area contributed by atoms with Gasteiger partial charge in [-0.3, -0.25) is 4.79 Å². The highest BCUT2D eigenvalue weighted by Gasteiger charge is 2.27. The van der Waals surface area contributed by atoms with Crippen LogP contribution < -0.4 is 5.14 Å². The number of carbonyl (C=O) groups is 1. The number of halogens is 1. The Balaban J connectivity index is 3.53. The van der Waals surface area contributed by atoms with Crippen LogP contribution in [0.3, 0.4) is 0 Å². The molecule has 2 N–H and O–H groups in total. The SMILES string of the molecule is CCN(C(C)=O)S(=O)(=O)c1ccc(Cl)c(S(N)(=O)=O)c1. The molecule has 112 valence electrons. The Hall–Kier alpha value is -1.16. The van der Waals surface area contributed by atoms with Crippen LogP contribution in [0.5, 0.6) is 0 Å². The molecule has 10 heteroatoms. The smallest absolute Gasteiger partial charge is 0.266 e. The summed E-state index contributed by atoms with van der Waals surface area (Å²) in [5, 5.41) is 4.75. The van der Waals surface area contributed by atoms with E-state index in [1.54, 1.807) is 0 Å². The number of primary sulfonamides is 1. The molecule has 0 aliphatic heterocycles. The molecule has 0 bridgehead atoms. The van der Waals surface area contributed by atoms with Gasteiger partial charge in [0.15, 0.2) is 0 Å². The Morgan fingerprint density at radius 1 is 1.30 bits per heavy atom. The van der Waals surface area contributed by atoms with Crippen molar-refractivity contribution in [3.63, 3.8) is 0 Å². The molecule has 1 rings (SSSR count). The van der Waals surface area contributed by atoms with E-state index in [1.165, 1.54) is 6.92 Å². The van der Waals surface area contributed by atoms with Crippen LogP contribution in [-0.4, -0.2) is 33.6 Å². The predicted molar refractivity (Wildman–Crippen MR) is 73.1 cm³/mol. The Morgan fingerprint density at radius 3 is 2.25 bits per heavy atom. The van der Waals surface area contributed by atoms with Crippen molar-refractivity contribution in [2.75, 3.05) is 6.54 Å². The lowest BCUT2D eigenvalue weighted by atomic mass is 10.4. The number of nitrogens with two attached hydrogens (primary N) is 1. The maximum atomic E-state index is 12.2. The molecule has 1 aromatic carbocycles. The summed E-state index contributed by atoms with van der Waals surface area (Å²) in [6.07, 6.45) is 0. The quantitative estimate of drug-likeness (QED) is 0.859. The lowest BCUT2D eigenvalue weighted by molar-refractivity contribution is -0.124. The largest absolute Gasteiger partial charge is 0.274 e. The van der Waals surface area contributed by atoms with Crippen molar-refractivity contribution in [1.82, 2.24) is 4.31 Å². The molecule has 1 aromatic rings. The van der Waals surface area contributed by atoms with Crippen LogP contribution in [0.4, 0.5) is 0 Å². The minimum absolute atomic E-state index is 0.0784. The molecule has 0 saturated carbocycles. The predicted octanol–water partition coefficient (Wildman–Crippen LogP) is 0.545. The molecule has 0 heterocycles. The summed E-state index contributed by atoms with van der Waals surface area (Å²) in [6, 6.07) is 3.04. The van der Waals surface area contributed by atoms with Gasteiger partial charge >= 0.3 is 0 Å². The summed E-state index contributed by atoms with van der Waals surface area (Å²) in [4.78, 5) is 10.4. The van der Waals surface area contributed by atoms with Crippen LogP contribution in [0.15, 0.2) is 28.0 Å². The number of hydrogen-bond donors (Lipinski definition) is 1. The highest BCUT2D eigenvalue weighted by Crippen LogP contribution is 2.25. The summed E-state index contributed by atoms with van der Waals surface area (Å²) in [5.41, 5.74) is 0. The van der Waals surface area contributed by atoms with Gasteiger partial charge in [0, 0.05) is 13.5 Å². The fourth-order valence-electron chi connectivity index (χ4n) is 1.55. The van der Waals surface area contributed by atoms with E-state index in [-0.39, 0.29) is 16.5 Å². The van der Waals surface area contributed by atoms with Crippen molar-refractivity contribution in [3.05, 3.63) is 23.2 Å². The molecular weight excluding hydrogens is 328 g/mol. The van der Waals surface area contributed by atoms with Crippen LogP contribution in [0, 0.1) is 0 Å². The van der Waals surface area contributed by atoms with E-state index in [9.17, 15) is 21.6 Å². The second kappa shape index (κ2) is 5.68. The van der Waals surface area contributed by atoms with Crippen LogP contribution in [0.1, 0.15) is 13.8 Å². The Kier molecular flexibility index (Phi) is 4.80. The van der Waals surface area contributed by atoms with Crippen molar-refractivity contribution in [1.29, 1.82) is 0 Å². The second-order valence-corrected chi connectivity index (χ2v) is 7.63. The maximum Gasteiger partial charge on any atom is 0.266 e. The van der Waals surface area contributed by atoms with Gasteiger partial charge in [0.05, 0.1) is 9.92 Å². The molecule has 0 fully saturated rings. The van der Waals surface area contributed by atoms with Gasteiger partial charge in [0.1, 0.15) is 4.90 Å². The number of sulfonamides is 2. The molecular formula is C10H13ClN2O5S2. The van der Waals surface area contributed by atoms with Gasteiger partial charge in [-0.1, -0.05) is 11.6 Å². The molecule has 0 unspecified atom stereocenters. The van der Waals surface area contributed by atoms with E-state index in [4.69, 9.17) is 16.7 Å². The molecule has 1 amide bonds. The van der Waals surface area contributed by atoms with Crippen molar-refractivity contribution < 1.29 is 21.6 Å². The zero-order valence-electron chi connectivity index (χ0n) is 10.7. The van der Waals surface area contributed by atoms with Gasteiger partial charge in [-0.05, 0) is 25.1 Å². The Morgan fingerprint density at radius 2 is 1.85 bits per heavy atom. The van der Waals surface area contributed by atoms with Crippen LogP contribution in [-0.2, 0) is 24.8 Å². The van der Waals surface area contributed by atoms with Gasteiger partial charge in [0.25, 0.3) is 10.0 Å². The third kappa shape index (κ3) is 3.29. The third-order valence-corrected chi connectivity index (χ3v) is 5.77. The summed E-state index contributed by atoms with van der Waals surface area (Å²) in [5.74, 6) is -0.681. The molecule has 20 heavy (non-hydrogen) atoms. The van der Waals surface area contributed by atoms with Crippen molar-refractivity contribution in [2.45, 2.75) is 23.6 Å². The van der Waals surface area contributed by atoms with Crippen molar-refractivity contribution in [2.24, 2.45) is 5.14 Å². The van der Waals surface area contributed by atoms with Crippen molar-refractivity contribution in [3.8, 4) is 0 Å². The van der Waals surface area contributed by atoms with E-state index < -0.39 is 30.8 Å². The van der Waals surface area contributed by atoms with Gasteiger partial charge in [-0.25, -0.2) is 26.3 Å². The highest BCUT2D eigenvalue weighted by molar-refractivity contribution is 7.90. The summed E-state index contributed by atoms with van der Waals surface area (Å²) in [6.45, 7) is 2.50. The Bertz CT molecular complexity index is 743. The van der Waals surface area contributed by atoms with E-state index in [0.717, 1.165) is 25.1 Å². The van der Waals surface area contributed by atoms with Crippen LogP contribution in [0.2, 0.25) is 5.02 Å². The van der Waals surface area contributed by atoms with Gasteiger partial charge in [0.2, 0.25) is 15.9 Å². The number of hydrogen-bond acceptors (Lipinski definition) is 5. The molecule has 0 atom stereocenters. The van der Waals surface area contributed by atoms with Crippen LogP contribution in [0.25, 0.3) is 0 Å². The lowest BCUT2D eigenvalue weighted by Gasteiger charge is -2.19. The first-order valence-corrected chi connectivity index (χ1v) is 8.74. The number of nitrogens with zero attached hydrogens (tertiary/aromatic N) is 1. The zero-order chi connectivity index (χ0) is 15.7. The average molecular weight is 341 g/mol. The first kappa shape index (κ1) is 16.9. The monoisotopic (exact) mass is 340 g/mol. The molecule has 7 nitrogen and oxygen atoms in total. The lowest BCUT2D eigenvalue weighted by Crippen LogP contribution is -2.35. The standard InChI is InChI=1S/C10H13ClN2O5S2/c1-3-13(7(2)14)20(17,18)8-4-5-9(11)10(6-8)19(12,15)16/h4-6H,3H2,1-2H3,(H2,12,15,16). The first-order valence-electron chi connectivity index (χ1n) is 5.37. The summed E-state index contributed by atoms with van der Waals surface area (Å²) >= 11 is 5.67. The van der Waals surface area contributed by atoms with E-state index in [0.29, 0.717) is 4.31 Å². The zero-order valence-corrected chi connectivity index (χ0v) is 13.1. The van der Waals surface area contributed by atoms with E-state index in [2.05, 4.69) is 0 Å².